The van der Waals surface area contributed by atoms with E-state index in [1.807, 2.05) is 0 Å². The summed E-state index contributed by atoms with van der Waals surface area (Å²) in [5.74, 6) is -1.09. The lowest BCUT2D eigenvalue weighted by atomic mass is 9.81. The normalized spacial score (nSPS) is 28.9. The van der Waals surface area contributed by atoms with Gasteiger partial charge in [0.15, 0.2) is 0 Å². The van der Waals surface area contributed by atoms with E-state index < -0.39 is 11.9 Å². The molecule has 186 valence electrons. The van der Waals surface area contributed by atoms with Crippen LogP contribution in [0.1, 0.15) is 31.2 Å². The van der Waals surface area contributed by atoms with E-state index >= 15 is 0 Å². The number of halogens is 2. The third kappa shape index (κ3) is 3.63. The topological polar surface area (TPSA) is 84.0 Å². The van der Waals surface area contributed by atoms with Gasteiger partial charge in [-0.05, 0) is 80.0 Å². The van der Waals surface area contributed by atoms with Crippen molar-refractivity contribution in [3.05, 3.63) is 52.0 Å². The minimum Gasteiger partial charge on any atom is -0.426 e. The van der Waals surface area contributed by atoms with E-state index in [2.05, 4.69) is 0 Å². The molecule has 0 radical (unpaired) electrons. The van der Waals surface area contributed by atoms with Crippen LogP contribution >= 0.6 is 23.2 Å². The molecule has 5 atom stereocenters. The predicted molar refractivity (Wildman–Crippen MR) is 134 cm³/mol. The number of hydrogen-bond acceptors (Lipinski definition) is 5. The first kappa shape index (κ1) is 23.5. The van der Waals surface area contributed by atoms with Gasteiger partial charge in [0.05, 0.1) is 34.2 Å². The molecule has 2 saturated carbocycles. The van der Waals surface area contributed by atoms with Crippen LogP contribution in [0.15, 0.2) is 36.4 Å². The average molecular weight is 527 g/mol. The second kappa shape index (κ2) is 8.60. The van der Waals surface area contributed by atoms with Crippen LogP contribution in [0, 0.1) is 36.5 Å². The largest absolute Gasteiger partial charge is 0.426 e. The molecule has 4 fully saturated rings. The van der Waals surface area contributed by atoms with E-state index in [1.165, 1.54) is 9.80 Å². The maximum atomic E-state index is 13.2. The molecule has 2 bridgehead atoms. The number of anilines is 2. The van der Waals surface area contributed by atoms with Gasteiger partial charge >= 0.3 is 5.97 Å². The molecule has 0 aromatic heterocycles. The number of nitrogens with zero attached hydrogens (tertiary/aromatic N) is 2. The Bertz CT molecular complexity index is 1300. The van der Waals surface area contributed by atoms with Crippen LogP contribution in [0.3, 0.4) is 0 Å². The van der Waals surface area contributed by atoms with Crippen LogP contribution in [0.2, 0.25) is 10.0 Å². The summed E-state index contributed by atoms with van der Waals surface area (Å²) in [6.45, 7) is 1.93. The van der Waals surface area contributed by atoms with Gasteiger partial charge in [0.1, 0.15) is 5.75 Å². The molecule has 0 N–H and O–H groups in total. The van der Waals surface area contributed by atoms with Gasteiger partial charge in [0.2, 0.25) is 17.7 Å². The standard InChI is InChI=1S/C27H24Cl2N2O5/c1-13-8-18(5-7-20(13)31-25(33)23-14-2-3-15(9-14)24(23)26(31)34)36-27(35)16-10-22(32)30(12-16)21-11-17(28)4-6-19(21)29/h4-8,11,14-16,23-24H,2-3,9-10,12H2,1H3/t14-,15-,16+,23-,24-/m0/s1. The Morgan fingerprint density at radius 1 is 0.944 bits per heavy atom. The minimum atomic E-state index is -0.663. The molecular formula is C27H24Cl2N2O5. The van der Waals surface area contributed by atoms with Crippen LogP contribution in [0.5, 0.6) is 5.75 Å². The lowest BCUT2D eigenvalue weighted by Gasteiger charge is -2.20. The van der Waals surface area contributed by atoms with Crippen LogP contribution in [0.4, 0.5) is 11.4 Å². The summed E-state index contributed by atoms with van der Waals surface area (Å²) < 4.78 is 5.59. The summed E-state index contributed by atoms with van der Waals surface area (Å²) in [6, 6.07) is 9.74. The lowest BCUT2D eigenvalue weighted by Crippen LogP contribution is -2.33. The Kier molecular flexibility index (Phi) is 5.61. The van der Waals surface area contributed by atoms with Crippen LogP contribution in [-0.4, -0.2) is 30.2 Å². The van der Waals surface area contributed by atoms with Crippen molar-refractivity contribution in [2.24, 2.45) is 29.6 Å². The average Bonchev–Trinajstić information content (AvgIpc) is 3.60. The molecule has 2 aromatic rings. The maximum absolute atomic E-state index is 13.2. The van der Waals surface area contributed by atoms with Gasteiger partial charge < -0.3 is 9.64 Å². The second-order valence-electron chi connectivity index (χ2n) is 10.3. The number of esters is 1. The van der Waals surface area contributed by atoms with Gasteiger partial charge in [-0.2, -0.15) is 0 Å². The number of ether oxygens (including phenoxy) is 1. The van der Waals surface area contributed by atoms with Crippen molar-refractivity contribution in [3.63, 3.8) is 0 Å². The van der Waals surface area contributed by atoms with Crippen molar-refractivity contribution >= 4 is 58.3 Å². The van der Waals surface area contributed by atoms with Crippen LogP contribution in [0.25, 0.3) is 0 Å². The first-order chi connectivity index (χ1) is 17.2. The molecule has 2 heterocycles. The number of rotatable bonds is 4. The van der Waals surface area contributed by atoms with Gasteiger partial charge in [0.25, 0.3) is 0 Å². The maximum Gasteiger partial charge on any atom is 0.316 e. The summed E-state index contributed by atoms with van der Waals surface area (Å²) in [5, 5.41) is 0.811. The van der Waals surface area contributed by atoms with Crippen molar-refractivity contribution in [2.45, 2.75) is 32.6 Å². The van der Waals surface area contributed by atoms with Crippen molar-refractivity contribution in [1.82, 2.24) is 0 Å². The van der Waals surface area contributed by atoms with Gasteiger partial charge in [-0.1, -0.05) is 23.2 Å². The molecule has 2 aliphatic carbocycles. The molecule has 36 heavy (non-hydrogen) atoms. The number of aryl methyl sites for hydroxylation is 1. The van der Waals surface area contributed by atoms with Crippen molar-refractivity contribution < 1.29 is 23.9 Å². The molecule has 2 aromatic carbocycles. The fourth-order valence-electron chi connectivity index (χ4n) is 6.58. The van der Waals surface area contributed by atoms with E-state index in [4.69, 9.17) is 27.9 Å². The number of hydrogen-bond donors (Lipinski definition) is 0. The molecule has 0 unspecified atom stereocenters. The highest BCUT2D eigenvalue weighted by Gasteiger charge is 2.61. The minimum absolute atomic E-state index is 0.000628. The Morgan fingerprint density at radius 3 is 2.31 bits per heavy atom. The van der Waals surface area contributed by atoms with E-state index in [0.717, 1.165) is 19.3 Å². The highest BCUT2D eigenvalue weighted by atomic mass is 35.5. The van der Waals surface area contributed by atoms with Crippen LogP contribution < -0.4 is 14.5 Å². The number of benzene rings is 2. The van der Waals surface area contributed by atoms with E-state index in [1.54, 1.807) is 43.3 Å². The van der Waals surface area contributed by atoms with Gasteiger partial charge in [-0.15, -0.1) is 0 Å². The van der Waals surface area contributed by atoms with Crippen LogP contribution in [-0.2, 0) is 19.2 Å². The highest BCUT2D eigenvalue weighted by molar-refractivity contribution is 6.36. The Hall–Kier alpha value is -2.90. The fourth-order valence-corrected chi connectivity index (χ4v) is 6.96. The van der Waals surface area contributed by atoms with E-state index in [9.17, 15) is 19.2 Å². The second-order valence-corrected chi connectivity index (χ2v) is 11.1. The first-order valence-corrected chi connectivity index (χ1v) is 12.9. The Labute approximate surface area is 218 Å². The number of fused-ring (bicyclic) bond motifs is 5. The molecule has 2 aliphatic heterocycles. The molecule has 2 saturated heterocycles. The Morgan fingerprint density at radius 2 is 1.64 bits per heavy atom. The van der Waals surface area contributed by atoms with Gasteiger partial charge in [-0.25, -0.2) is 4.90 Å². The first-order valence-electron chi connectivity index (χ1n) is 12.2. The zero-order chi connectivity index (χ0) is 25.3. The lowest BCUT2D eigenvalue weighted by molar-refractivity contribution is -0.139. The SMILES string of the molecule is Cc1cc(OC(=O)[C@@H]2CC(=O)N(c3cc(Cl)ccc3Cl)C2)ccc1N1C(=O)[C@H]2[C@H]3CC[C@@H](C3)[C@@H]2C1=O. The Balaban J connectivity index is 1.16. The number of amides is 3. The summed E-state index contributed by atoms with van der Waals surface area (Å²) in [7, 11) is 0. The zero-order valence-electron chi connectivity index (χ0n) is 19.6. The summed E-state index contributed by atoms with van der Waals surface area (Å²) in [5.41, 5.74) is 1.67. The highest BCUT2D eigenvalue weighted by Crippen LogP contribution is 2.56. The van der Waals surface area contributed by atoms with E-state index in [0.29, 0.717) is 44.6 Å². The molecule has 4 aliphatic rings. The zero-order valence-corrected chi connectivity index (χ0v) is 21.1. The number of imide groups is 1. The van der Waals surface area contributed by atoms with Crippen molar-refractivity contribution in [1.29, 1.82) is 0 Å². The summed E-state index contributed by atoms with van der Waals surface area (Å²) >= 11 is 12.3. The molecular weight excluding hydrogens is 503 g/mol. The summed E-state index contributed by atoms with van der Waals surface area (Å²) in [6.07, 6.45) is 3.04. The van der Waals surface area contributed by atoms with Crippen molar-refractivity contribution in [2.75, 3.05) is 16.3 Å². The third-order valence-corrected chi connectivity index (χ3v) is 8.77. The van der Waals surface area contributed by atoms with Gasteiger partial charge in [-0.3, -0.25) is 19.2 Å². The molecule has 7 nitrogen and oxygen atoms in total. The molecule has 9 heteroatoms. The quantitative estimate of drug-likeness (QED) is 0.324. The fraction of sp³-hybridized carbons (Fsp3) is 0.407. The van der Waals surface area contributed by atoms with Crippen molar-refractivity contribution in [3.8, 4) is 5.75 Å². The predicted octanol–water partition coefficient (Wildman–Crippen LogP) is 4.80. The smallest absolute Gasteiger partial charge is 0.316 e. The number of carbonyl (C=O) groups excluding carboxylic acids is 4. The van der Waals surface area contributed by atoms with Gasteiger partial charge in [0, 0.05) is 18.0 Å². The molecule has 0 spiro atoms. The third-order valence-electron chi connectivity index (χ3n) is 8.21. The molecule has 6 rings (SSSR count). The summed E-state index contributed by atoms with van der Waals surface area (Å²) in [4.78, 5) is 54.6. The number of carbonyl (C=O) groups is 4. The van der Waals surface area contributed by atoms with E-state index in [-0.39, 0.29) is 42.5 Å². The monoisotopic (exact) mass is 526 g/mol. The molecule has 3 amide bonds.